The third-order valence-corrected chi connectivity index (χ3v) is 4.59. The van der Waals surface area contributed by atoms with Crippen molar-refractivity contribution in [2.75, 3.05) is 6.54 Å². The van der Waals surface area contributed by atoms with Gasteiger partial charge in [0.2, 0.25) is 5.91 Å². The molecule has 0 aliphatic carbocycles. The number of aromatic carboxylic acids is 1. The van der Waals surface area contributed by atoms with Gasteiger partial charge in [0.15, 0.2) is 0 Å². The Hall–Kier alpha value is -2.14. The van der Waals surface area contributed by atoms with Crippen LogP contribution in [0.2, 0.25) is 0 Å². The molecule has 2 unspecified atom stereocenters. The van der Waals surface area contributed by atoms with Gasteiger partial charge in [0.25, 0.3) is 0 Å². The zero-order valence-corrected chi connectivity index (χ0v) is 15.8. The fourth-order valence-electron chi connectivity index (χ4n) is 3.26. The Labute approximate surface area is 155 Å². The van der Waals surface area contributed by atoms with Crippen LogP contribution in [0.4, 0.5) is 0 Å². The van der Waals surface area contributed by atoms with Gasteiger partial charge in [-0.1, -0.05) is 45.1 Å². The molecule has 1 fully saturated rings. The summed E-state index contributed by atoms with van der Waals surface area (Å²) in [5, 5.41) is 19.1. The van der Waals surface area contributed by atoms with Crippen molar-refractivity contribution in [3.63, 3.8) is 0 Å². The maximum Gasteiger partial charge on any atom is 0.335 e. The lowest BCUT2D eigenvalue weighted by molar-refractivity contribution is -0.128. The fourth-order valence-corrected chi connectivity index (χ4v) is 3.26. The molecule has 0 spiro atoms. The van der Waals surface area contributed by atoms with E-state index < -0.39 is 12.1 Å². The van der Waals surface area contributed by atoms with Gasteiger partial charge < -0.3 is 15.1 Å². The summed E-state index contributed by atoms with van der Waals surface area (Å²) in [6.45, 7) is 6.86. The number of carboxylic acids is 1. The standard InChI is InChI=1S/C21H29NO4/c1-21(2,3)14-18(23)10-8-17-9-11-19(24)22(17)13-12-15-4-6-16(7-5-15)20(25)26/h4-8,10,17-18,23H,9,11-14H2,1-3H3,(H,25,26). The molecule has 1 saturated heterocycles. The molecule has 2 N–H and O–H groups in total. The molecule has 2 atom stereocenters. The van der Waals surface area contributed by atoms with Crippen molar-refractivity contribution in [3.05, 3.63) is 47.5 Å². The highest BCUT2D eigenvalue weighted by Gasteiger charge is 2.28. The van der Waals surface area contributed by atoms with E-state index in [4.69, 9.17) is 5.11 Å². The second-order valence-electron chi connectivity index (χ2n) is 8.16. The Kier molecular flexibility index (Phi) is 6.59. The van der Waals surface area contributed by atoms with Crippen molar-refractivity contribution < 1.29 is 19.8 Å². The van der Waals surface area contributed by atoms with Gasteiger partial charge in [0.1, 0.15) is 0 Å². The Morgan fingerprint density at radius 2 is 1.96 bits per heavy atom. The van der Waals surface area contributed by atoms with Crippen LogP contribution in [0.5, 0.6) is 0 Å². The van der Waals surface area contributed by atoms with Crippen LogP contribution in [0, 0.1) is 5.41 Å². The van der Waals surface area contributed by atoms with Gasteiger partial charge in [-0.05, 0) is 42.4 Å². The van der Waals surface area contributed by atoms with Crippen LogP contribution >= 0.6 is 0 Å². The van der Waals surface area contributed by atoms with Crippen LogP contribution in [0.15, 0.2) is 36.4 Å². The summed E-state index contributed by atoms with van der Waals surface area (Å²) in [6, 6.07) is 6.78. The molecule has 5 heteroatoms. The highest BCUT2D eigenvalue weighted by molar-refractivity contribution is 5.87. The van der Waals surface area contributed by atoms with Gasteiger partial charge in [0.05, 0.1) is 17.7 Å². The van der Waals surface area contributed by atoms with E-state index in [0.29, 0.717) is 25.8 Å². The lowest BCUT2D eigenvalue weighted by Crippen LogP contribution is -2.33. The van der Waals surface area contributed by atoms with Gasteiger partial charge in [-0.25, -0.2) is 4.79 Å². The van der Waals surface area contributed by atoms with E-state index in [9.17, 15) is 14.7 Å². The molecule has 2 rings (SSSR count). The van der Waals surface area contributed by atoms with Crippen molar-refractivity contribution in [2.24, 2.45) is 5.41 Å². The van der Waals surface area contributed by atoms with Gasteiger partial charge in [-0.2, -0.15) is 0 Å². The molecular weight excluding hydrogens is 330 g/mol. The van der Waals surface area contributed by atoms with Crippen LogP contribution in [-0.2, 0) is 11.2 Å². The first-order valence-corrected chi connectivity index (χ1v) is 9.14. The molecule has 142 valence electrons. The average molecular weight is 359 g/mol. The molecule has 26 heavy (non-hydrogen) atoms. The zero-order chi connectivity index (χ0) is 19.3. The molecule has 1 aromatic carbocycles. The van der Waals surface area contributed by atoms with E-state index in [1.54, 1.807) is 24.3 Å². The predicted molar refractivity (Wildman–Crippen MR) is 101 cm³/mol. The molecule has 0 aromatic heterocycles. The number of amides is 1. The Morgan fingerprint density at radius 3 is 2.54 bits per heavy atom. The Balaban J connectivity index is 1.93. The molecule has 0 bridgehead atoms. The highest BCUT2D eigenvalue weighted by Crippen LogP contribution is 2.24. The monoisotopic (exact) mass is 359 g/mol. The van der Waals surface area contributed by atoms with E-state index >= 15 is 0 Å². The van der Waals surface area contributed by atoms with Crippen molar-refractivity contribution in [3.8, 4) is 0 Å². The van der Waals surface area contributed by atoms with Crippen LogP contribution < -0.4 is 0 Å². The SMILES string of the molecule is CC(C)(C)CC(O)C=CC1CCC(=O)N1CCc1ccc(C(=O)O)cc1. The zero-order valence-electron chi connectivity index (χ0n) is 15.8. The maximum absolute atomic E-state index is 12.2. The third-order valence-electron chi connectivity index (χ3n) is 4.59. The molecule has 1 heterocycles. The minimum Gasteiger partial charge on any atom is -0.478 e. The number of aliphatic hydroxyl groups excluding tert-OH is 1. The van der Waals surface area contributed by atoms with Gasteiger partial charge >= 0.3 is 5.97 Å². The van der Waals surface area contributed by atoms with Crippen molar-refractivity contribution in [1.29, 1.82) is 0 Å². The molecule has 1 aliphatic rings. The largest absolute Gasteiger partial charge is 0.478 e. The van der Waals surface area contributed by atoms with E-state index in [1.807, 2.05) is 17.1 Å². The highest BCUT2D eigenvalue weighted by atomic mass is 16.4. The smallest absolute Gasteiger partial charge is 0.335 e. The number of hydrogen-bond acceptors (Lipinski definition) is 3. The average Bonchev–Trinajstić information content (AvgIpc) is 2.90. The summed E-state index contributed by atoms with van der Waals surface area (Å²) in [4.78, 5) is 24.9. The summed E-state index contributed by atoms with van der Waals surface area (Å²) in [5.74, 6) is -0.808. The number of carbonyl (C=O) groups excluding carboxylic acids is 1. The van der Waals surface area contributed by atoms with E-state index in [2.05, 4.69) is 20.8 Å². The summed E-state index contributed by atoms with van der Waals surface area (Å²) < 4.78 is 0. The Morgan fingerprint density at radius 1 is 1.31 bits per heavy atom. The van der Waals surface area contributed by atoms with Crippen LogP contribution in [0.3, 0.4) is 0 Å². The minimum atomic E-state index is -0.940. The molecule has 0 radical (unpaired) electrons. The van der Waals surface area contributed by atoms with E-state index in [1.165, 1.54) is 0 Å². The summed E-state index contributed by atoms with van der Waals surface area (Å²) in [6.07, 6.45) is 5.92. The summed E-state index contributed by atoms with van der Waals surface area (Å²) in [5.41, 5.74) is 1.32. The lowest BCUT2D eigenvalue weighted by atomic mass is 9.89. The van der Waals surface area contributed by atoms with E-state index in [0.717, 1.165) is 12.0 Å². The molecule has 5 nitrogen and oxygen atoms in total. The summed E-state index contributed by atoms with van der Waals surface area (Å²) >= 11 is 0. The first-order valence-electron chi connectivity index (χ1n) is 9.14. The van der Waals surface area contributed by atoms with Crippen LogP contribution in [0.25, 0.3) is 0 Å². The van der Waals surface area contributed by atoms with Gasteiger partial charge in [-0.15, -0.1) is 0 Å². The fraction of sp³-hybridized carbons (Fsp3) is 0.524. The van der Waals surface area contributed by atoms with Gasteiger partial charge in [-0.3, -0.25) is 4.79 Å². The summed E-state index contributed by atoms with van der Waals surface area (Å²) in [7, 11) is 0. The number of nitrogens with zero attached hydrogens (tertiary/aromatic N) is 1. The Bertz CT molecular complexity index is 658. The van der Waals surface area contributed by atoms with Gasteiger partial charge in [0, 0.05) is 13.0 Å². The molecular formula is C21H29NO4. The second-order valence-corrected chi connectivity index (χ2v) is 8.16. The number of rotatable bonds is 7. The predicted octanol–water partition coefficient (Wildman–Crippen LogP) is 3.27. The van der Waals surface area contributed by atoms with E-state index in [-0.39, 0.29) is 22.9 Å². The molecule has 1 aliphatic heterocycles. The van der Waals surface area contributed by atoms with Crippen molar-refractivity contribution in [2.45, 2.75) is 58.6 Å². The van der Waals surface area contributed by atoms with Crippen molar-refractivity contribution >= 4 is 11.9 Å². The number of carboxylic acid groups (broad SMARTS) is 1. The lowest BCUT2D eigenvalue weighted by Gasteiger charge is -2.24. The number of aliphatic hydroxyl groups is 1. The quantitative estimate of drug-likeness (QED) is 0.733. The normalized spacial score (nSPS) is 19.3. The number of carbonyl (C=O) groups is 2. The van der Waals surface area contributed by atoms with Crippen LogP contribution in [0.1, 0.15) is 56.0 Å². The third kappa shape index (κ3) is 5.99. The molecule has 1 aromatic rings. The first kappa shape index (κ1) is 20.2. The number of hydrogen-bond donors (Lipinski definition) is 2. The first-order chi connectivity index (χ1) is 12.2. The van der Waals surface area contributed by atoms with Crippen LogP contribution in [-0.4, -0.2) is 45.7 Å². The number of likely N-dealkylation sites (tertiary alicyclic amines) is 1. The molecule has 1 amide bonds. The molecule has 0 saturated carbocycles. The number of benzene rings is 1. The minimum absolute atomic E-state index is 0.0235. The van der Waals surface area contributed by atoms with Crippen molar-refractivity contribution in [1.82, 2.24) is 4.90 Å². The second kappa shape index (κ2) is 8.49. The maximum atomic E-state index is 12.2. The topological polar surface area (TPSA) is 77.8 Å².